The van der Waals surface area contributed by atoms with Crippen LogP contribution >= 0.6 is 0 Å². The molecule has 22 heavy (non-hydrogen) atoms. The fraction of sp³-hybridized carbons (Fsp3) is 0.250. The summed E-state index contributed by atoms with van der Waals surface area (Å²) in [6, 6.07) is 8.35. The van der Waals surface area contributed by atoms with Gasteiger partial charge >= 0.3 is 5.97 Å². The van der Waals surface area contributed by atoms with E-state index in [9.17, 15) is 9.59 Å². The van der Waals surface area contributed by atoms with E-state index in [0.29, 0.717) is 22.8 Å². The average molecular weight is 303 g/mol. The SMILES string of the molecule is COc1ccc(NC(=O)[C@@H](C)OC(=O)c2ccoc2C)cc1. The van der Waals surface area contributed by atoms with Crippen molar-refractivity contribution < 1.29 is 23.5 Å². The molecule has 0 saturated carbocycles. The molecule has 1 aromatic heterocycles. The summed E-state index contributed by atoms with van der Waals surface area (Å²) in [4.78, 5) is 23.9. The molecule has 116 valence electrons. The minimum absolute atomic E-state index is 0.309. The fourth-order valence-electron chi connectivity index (χ4n) is 1.79. The number of rotatable bonds is 5. The summed E-state index contributed by atoms with van der Waals surface area (Å²) in [6.07, 6.45) is 0.470. The molecule has 1 amide bonds. The van der Waals surface area contributed by atoms with Gasteiger partial charge in [0.25, 0.3) is 5.91 Å². The lowest BCUT2D eigenvalue weighted by molar-refractivity contribution is -0.123. The van der Waals surface area contributed by atoms with Crippen LogP contribution in [0.3, 0.4) is 0 Å². The van der Waals surface area contributed by atoms with E-state index in [-0.39, 0.29) is 0 Å². The molecular weight excluding hydrogens is 286 g/mol. The zero-order chi connectivity index (χ0) is 16.1. The highest BCUT2D eigenvalue weighted by molar-refractivity contribution is 5.97. The van der Waals surface area contributed by atoms with Crippen molar-refractivity contribution in [3.63, 3.8) is 0 Å². The minimum atomic E-state index is -0.927. The number of hydrogen-bond acceptors (Lipinski definition) is 5. The Balaban J connectivity index is 1.94. The first kappa shape index (κ1) is 15.6. The van der Waals surface area contributed by atoms with E-state index < -0.39 is 18.0 Å². The van der Waals surface area contributed by atoms with Gasteiger partial charge in [-0.05, 0) is 44.2 Å². The first-order valence-electron chi connectivity index (χ1n) is 6.71. The molecule has 0 fully saturated rings. The summed E-state index contributed by atoms with van der Waals surface area (Å²) in [7, 11) is 1.56. The van der Waals surface area contributed by atoms with Gasteiger partial charge in [0, 0.05) is 5.69 Å². The van der Waals surface area contributed by atoms with Crippen molar-refractivity contribution in [3.05, 3.63) is 47.9 Å². The Morgan fingerprint density at radius 1 is 1.18 bits per heavy atom. The van der Waals surface area contributed by atoms with Crippen LogP contribution in [0.25, 0.3) is 0 Å². The number of methoxy groups -OCH3 is 1. The van der Waals surface area contributed by atoms with Gasteiger partial charge in [-0.15, -0.1) is 0 Å². The summed E-state index contributed by atoms with van der Waals surface area (Å²) in [5, 5.41) is 2.66. The van der Waals surface area contributed by atoms with E-state index in [1.807, 2.05) is 0 Å². The number of furan rings is 1. The Morgan fingerprint density at radius 3 is 2.41 bits per heavy atom. The van der Waals surface area contributed by atoms with Gasteiger partial charge in [0.2, 0.25) is 0 Å². The van der Waals surface area contributed by atoms with Crippen LogP contribution in [-0.2, 0) is 9.53 Å². The molecule has 0 radical (unpaired) electrons. The molecule has 0 aliphatic carbocycles. The largest absolute Gasteiger partial charge is 0.497 e. The number of hydrogen-bond donors (Lipinski definition) is 1. The van der Waals surface area contributed by atoms with Crippen LogP contribution in [0.5, 0.6) is 5.75 Å². The van der Waals surface area contributed by atoms with Gasteiger partial charge in [0.15, 0.2) is 6.10 Å². The lowest BCUT2D eigenvalue weighted by Gasteiger charge is -2.13. The molecule has 0 bridgehead atoms. The van der Waals surface area contributed by atoms with Crippen molar-refractivity contribution in [2.24, 2.45) is 0 Å². The lowest BCUT2D eigenvalue weighted by atomic mass is 10.2. The van der Waals surface area contributed by atoms with E-state index in [2.05, 4.69) is 5.32 Å². The van der Waals surface area contributed by atoms with Gasteiger partial charge in [0.05, 0.1) is 13.4 Å². The molecule has 2 aromatic rings. The third-order valence-corrected chi connectivity index (χ3v) is 3.09. The van der Waals surface area contributed by atoms with Crippen LogP contribution in [0.4, 0.5) is 5.69 Å². The molecule has 1 heterocycles. The van der Waals surface area contributed by atoms with Crippen molar-refractivity contribution in [3.8, 4) is 5.75 Å². The average Bonchev–Trinajstić information content (AvgIpc) is 2.94. The van der Waals surface area contributed by atoms with Crippen LogP contribution in [0.2, 0.25) is 0 Å². The molecule has 6 nitrogen and oxygen atoms in total. The predicted octanol–water partition coefficient (Wildman–Crippen LogP) is 2.78. The second-order valence-corrected chi connectivity index (χ2v) is 4.66. The smallest absolute Gasteiger partial charge is 0.342 e. The number of ether oxygens (including phenoxy) is 2. The molecule has 1 aromatic carbocycles. The van der Waals surface area contributed by atoms with Crippen LogP contribution < -0.4 is 10.1 Å². The van der Waals surface area contributed by atoms with E-state index in [1.165, 1.54) is 19.3 Å². The molecule has 6 heteroatoms. The van der Waals surface area contributed by atoms with E-state index >= 15 is 0 Å². The summed E-state index contributed by atoms with van der Waals surface area (Å²) in [5.41, 5.74) is 0.900. The topological polar surface area (TPSA) is 77.8 Å². The molecule has 1 N–H and O–H groups in total. The number of amides is 1. The van der Waals surface area contributed by atoms with Gasteiger partial charge in [-0.3, -0.25) is 4.79 Å². The monoisotopic (exact) mass is 303 g/mol. The lowest BCUT2D eigenvalue weighted by Crippen LogP contribution is -2.30. The zero-order valence-corrected chi connectivity index (χ0v) is 12.6. The number of nitrogens with one attached hydrogen (secondary N) is 1. The minimum Gasteiger partial charge on any atom is -0.497 e. The van der Waals surface area contributed by atoms with Crippen molar-refractivity contribution in [1.29, 1.82) is 0 Å². The number of aryl methyl sites for hydroxylation is 1. The second kappa shape index (κ2) is 6.80. The second-order valence-electron chi connectivity index (χ2n) is 4.66. The highest BCUT2D eigenvalue weighted by Gasteiger charge is 2.21. The van der Waals surface area contributed by atoms with Gasteiger partial charge in [-0.1, -0.05) is 0 Å². The molecule has 0 spiro atoms. The molecule has 0 aliphatic rings. The van der Waals surface area contributed by atoms with Crippen molar-refractivity contribution in [1.82, 2.24) is 0 Å². The Bertz CT molecular complexity index is 659. The summed E-state index contributed by atoms with van der Waals surface area (Å²) in [6.45, 7) is 3.16. The standard InChI is InChI=1S/C16H17NO5/c1-10-14(8-9-21-10)16(19)22-11(2)15(18)17-12-4-6-13(20-3)7-5-12/h4-9,11H,1-3H3,(H,17,18)/t11-/m1/s1. The first-order chi connectivity index (χ1) is 10.5. The van der Waals surface area contributed by atoms with Gasteiger partial charge in [-0.2, -0.15) is 0 Å². The molecule has 0 unspecified atom stereocenters. The Hall–Kier alpha value is -2.76. The first-order valence-corrected chi connectivity index (χ1v) is 6.71. The molecule has 1 atom stereocenters. The normalized spacial score (nSPS) is 11.6. The number of benzene rings is 1. The zero-order valence-electron chi connectivity index (χ0n) is 12.6. The van der Waals surface area contributed by atoms with Crippen molar-refractivity contribution >= 4 is 17.6 Å². The quantitative estimate of drug-likeness (QED) is 0.859. The van der Waals surface area contributed by atoms with Crippen LogP contribution in [0.15, 0.2) is 41.0 Å². The fourth-order valence-corrected chi connectivity index (χ4v) is 1.79. The van der Waals surface area contributed by atoms with Crippen molar-refractivity contribution in [2.45, 2.75) is 20.0 Å². The predicted molar refractivity (Wildman–Crippen MR) is 79.9 cm³/mol. The Morgan fingerprint density at radius 2 is 1.86 bits per heavy atom. The maximum atomic E-state index is 12.0. The molecule has 0 saturated heterocycles. The summed E-state index contributed by atoms with van der Waals surface area (Å²) < 4.78 is 15.2. The molecular formula is C16H17NO5. The van der Waals surface area contributed by atoms with E-state index in [0.717, 1.165) is 0 Å². The van der Waals surface area contributed by atoms with E-state index in [1.54, 1.807) is 38.3 Å². The van der Waals surface area contributed by atoms with E-state index in [4.69, 9.17) is 13.9 Å². The van der Waals surface area contributed by atoms with Gasteiger partial charge in [-0.25, -0.2) is 4.79 Å². The third kappa shape index (κ3) is 3.66. The molecule has 0 aliphatic heterocycles. The maximum Gasteiger partial charge on any atom is 0.342 e. The van der Waals surface area contributed by atoms with Crippen LogP contribution in [0, 0.1) is 6.92 Å². The number of anilines is 1. The van der Waals surface area contributed by atoms with Crippen LogP contribution in [0.1, 0.15) is 23.0 Å². The van der Waals surface area contributed by atoms with Gasteiger partial charge < -0.3 is 19.2 Å². The number of esters is 1. The Kier molecular flexibility index (Phi) is 4.83. The number of carbonyl (C=O) groups is 2. The maximum absolute atomic E-state index is 12.0. The van der Waals surface area contributed by atoms with Gasteiger partial charge in [0.1, 0.15) is 17.1 Å². The number of carbonyl (C=O) groups excluding carboxylic acids is 2. The Labute approximate surface area is 128 Å². The van der Waals surface area contributed by atoms with Crippen molar-refractivity contribution in [2.75, 3.05) is 12.4 Å². The third-order valence-electron chi connectivity index (χ3n) is 3.09. The summed E-state index contributed by atoms with van der Waals surface area (Å²) >= 11 is 0. The highest BCUT2D eigenvalue weighted by atomic mass is 16.5. The highest BCUT2D eigenvalue weighted by Crippen LogP contribution is 2.16. The molecule has 2 rings (SSSR count). The van der Waals surface area contributed by atoms with Crippen LogP contribution in [-0.4, -0.2) is 25.1 Å². The summed E-state index contributed by atoms with van der Waals surface area (Å²) in [5.74, 6) is 0.129.